The highest BCUT2D eigenvalue weighted by molar-refractivity contribution is 7.80. The first-order valence-electron chi connectivity index (χ1n) is 6.00. The molecule has 1 amide bonds. The first kappa shape index (κ1) is 13.4. The number of nitrogens with zero attached hydrogens (tertiary/aromatic N) is 1. The summed E-state index contributed by atoms with van der Waals surface area (Å²) in [6.45, 7) is 1.52. The average Bonchev–Trinajstić information content (AvgIpc) is 2.81. The number of halogens is 1. The van der Waals surface area contributed by atoms with Crippen molar-refractivity contribution in [3.63, 3.8) is 0 Å². The van der Waals surface area contributed by atoms with Crippen LogP contribution >= 0.6 is 12.6 Å². The molecule has 0 spiro atoms. The minimum atomic E-state index is -0.422. The Bertz CT molecular complexity index is 453. The van der Waals surface area contributed by atoms with Crippen molar-refractivity contribution < 1.29 is 14.3 Å². The summed E-state index contributed by atoms with van der Waals surface area (Å²) < 4.78 is 13.1. The molecule has 3 nitrogen and oxygen atoms in total. The first-order chi connectivity index (χ1) is 8.61. The molecule has 0 radical (unpaired) electrons. The maximum atomic E-state index is 13.1. The third-order valence-electron chi connectivity index (χ3n) is 3.30. The highest BCUT2D eigenvalue weighted by atomic mass is 32.1. The van der Waals surface area contributed by atoms with Crippen molar-refractivity contribution in [2.24, 2.45) is 5.92 Å². The second-order valence-electron chi connectivity index (χ2n) is 4.58. The maximum absolute atomic E-state index is 13.1. The summed E-state index contributed by atoms with van der Waals surface area (Å²) in [6, 6.07) is 4.20. The van der Waals surface area contributed by atoms with E-state index in [-0.39, 0.29) is 17.4 Å². The monoisotopic (exact) mass is 269 g/mol. The van der Waals surface area contributed by atoms with Crippen molar-refractivity contribution >= 4 is 18.5 Å². The molecule has 0 aliphatic carbocycles. The lowest BCUT2D eigenvalue weighted by molar-refractivity contribution is 0.0784. The standard InChI is InChI=1S/C13H16FNO2S/c14-11-2-1-10(7-12(11)18)13(17)15-5-3-9(8-15)4-6-16/h1-2,7,9,16,18H,3-6,8H2. The van der Waals surface area contributed by atoms with Gasteiger partial charge in [0, 0.05) is 30.2 Å². The van der Waals surface area contributed by atoms with Gasteiger partial charge in [0.05, 0.1) is 0 Å². The van der Waals surface area contributed by atoms with Crippen molar-refractivity contribution in [2.75, 3.05) is 19.7 Å². The molecular formula is C13H16FNO2S. The van der Waals surface area contributed by atoms with Crippen LogP contribution in [0.2, 0.25) is 0 Å². The molecule has 0 aromatic heterocycles. The number of hydrogen-bond acceptors (Lipinski definition) is 3. The van der Waals surface area contributed by atoms with Crippen LogP contribution in [0.5, 0.6) is 0 Å². The van der Waals surface area contributed by atoms with E-state index in [0.29, 0.717) is 24.6 Å². The fourth-order valence-electron chi connectivity index (χ4n) is 2.26. The van der Waals surface area contributed by atoms with Gasteiger partial charge in [-0.15, -0.1) is 12.6 Å². The van der Waals surface area contributed by atoms with Gasteiger partial charge in [-0.1, -0.05) is 0 Å². The van der Waals surface area contributed by atoms with E-state index in [1.807, 2.05) is 0 Å². The predicted molar refractivity (Wildman–Crippen MR) is 69.4 cm³/mol. The summed E-state index contributed by atoms with van der Waals surface area (Å²) in [4.78, 5) is 14.1. The molecule has 1 fully saturated rings. The van der Waals surface area contributed by atoms with Crippen molar-refractivity contribution in [1.82, 2.24) is 4.90 Å². The highest BCUT2D eigenvalue weighted by Crippen LogP contribution is 2.22. The van der Waals surface area contributed by atoms with E-state index in [2.05, 4.69) is 12.6 Å². The molecule has 18 heavy (non-hydrogen) atoms. The van der Waals surface area contributed by atoms with E-state index in [4.69, 9.17) is 5.11 Å². The van der Waals surface area contributed by atoms with Gasteiger partial charge >= 0.3 is 0 Å². The van der Waals surface area contributed by atoms with Gasteiger partial charge in [-0.25, -0.2) is 4.39 Å². The second-order valence-corrected chi connectivity index (χ2v) is 5.07. The van der Waals surface area contributed by atoms with Gasteiger partial charge in [0.25, 0.3) is 5.91 Å². The van der Waals surface area contributed by atoms with Crippen LogP contribution in [0, 0.1) is 11.7 Å². The quantitative estimate of drug-likeness (QED) is 0.824. The lowest BCUT2D eigenvalue weighted by Gasteiger charge is -2.16. The SMILES string of the molecule is O=C(c1ccc(F)c(S)c1)N1CCC(CCO)C1. The number of carbonyl (C=O) groups is 1. The number of rotatable bonds is 3. The van der Waals surface area contributed by atoms with Crippen LogP contribution < -0.4 is 0 Å². The molecule has 1 saturated heterocycles. The number of amides is 1. The molecule has 0 bridgehead atoms. The van der Waals surface area contributed by atoms with Crippen LogP contribution in [0.3, 0.4) is 0 Å². The Labute approximate surface area is 111 Å². The fourth-order valence-corrected chi connectivity index (χ4v) is 2.48. The number of carbonyl (C=O) groups excluding carboxylic acids is 1. The van der Waals surface area contributed by atoms with E-state index in [1.54, 1.807) is 4.90 Å². The first-order valence-corrected chi connectivity index (χ1v) is 6.45. The Morgan fingerprint density at radius 2 is 2.33 bits per heavy atom. The van der Waals surface area contributed by atoms with Gasteiger partial charge in [0.2, 0.25) is 0 Å². The molecule has 0 saturated carbocycles. The Hall–Kier alpha value is -1.07. The van der Waals surface area contributed by atoms with Gasteiger partial charge in [0.15, 0.2) is 0 Å². The van der Waals surface area contributed by atoms with Crippen LogP contribution in [-0.4, -0.2) is 35.6 Å². The Morgan fingerprint density at radius 3 is 3.00 bits per heavy atom. The molecule has 1 aromatic carbocycles. The topological polar surface area (TPSA) is 40.5 Å². The lowest BCUT2D eigenvalue weighted by atomic mass is 10.1. The van der Waals surface area contributed by atoms with Crippen LogP contribution in [0.4, 0.5) is 4.39 Å². The zero-order valence-corrected chi connectivity index (χ0v) is 10.9. The summed E-state index contributed by atoms with van der Waals surface area (Å²) in [7, 11) is 0. The molecule has 98 valence electrons. The predicted octanol–water partition coefficient (Wildman–Crippen LogP) is 1.96. The molecule has 5 heteroatoms. The number of hydrogen-bond donors (Lipinski definition) is 2. The molecule has 1 unspecified atom stereocenters. The van der Waals surface area contributed by atoms with Crippen LogP contribution in [0.15, 0.2) is 23.1 Å². The van der Waals surface area contributed by atoms with E-state index >= 15 is 0 Å². The Kier molecular flexibility index (Phi) is 4.24. The third-order valence-corrected chi connectivity index (χ3v) is 3.65. The zero-order valence-electron chi connectivity index (χ0n) is 9.97. The van der Waals surface area contributed by atoms with Crippen molar-refractivity contribution in [2.45, 2.75) is 17.7 Å². The molecule has 1 heterocycles. The normalized spacial score (nSPS) is 19.3. The second kappa shape index (κ2) is 5.71. The molecule has 1 aromatic rings. The highest BCUT2D eigenvalue weighted by Gasteiger charge is 2.26. The van der Waals surface area contributed by atoms with E-state index < -0.39 is 5.82 Å². The van der Waals surface area contributed by atoms with Gasteiger partial charge in [0.1, 0.15) is 5.82 Å². The number of aliphatic hydroxyl groups excluding tert-OH is 1. The molecule has 1 aliphatic heterocycles. The van der Waals surface area contributed by atoms with Crippen LogP contribution in [0.1, 0.15) is 23.2 Å². The zero-order chi connectivity index (χ0) is 13.1. The Morgan fingerprint density at radius 1 is 1.56 bits per heavy atom. The van der Waals surface area contributed by atoms with Gasteiger partial charge in [-0.2, -0.15) is 0 Å². The van der Waals surface area contributed by atoms with E-state index in [1.165, 1.54) is 18.2 Å². The van der Waals surface area contributed by atoms with Crippen molar-refractivity contribution in [3.8, 4) is 0 Å². The number of aliphatic hydroxyl groups is 1. The summed E-state index contributed by atoms with van der Waals surface area (Å²) in [5, 5.41) is 8.88. The minimum Gasteiger partial charge on any atom is -0.396 e. The number of thiol groups is 1. The lowest BCUT2D eigenvalue weighted by Crippen LogP contribution is -2.28. The summed E-state index contributed by atoms with van der Waals surface area (Å²) in [5.41, 5.74) is 0.464. The van der Waals surface area contributed by atoms with Gasteiger partial charge < -0.3 is 10.0 Å². The largest absolute Gasteiger partial charge is 0.396 e. The van der Waals surface area contributed by atoms with Crippen molar-refractivity contribution in [3.05, 3.63) is 29.6 Å². The summed E-state index contributed by atoms with van der Waals surface area (Å²) in [5.74, 6) is -0.143. The van der Waals surface area contributed by atoms with Crippen molar-refractivity contribution in [1.29, 1.82) is 0 Å². The molecule has 1 N–H and O–H groups in total. The fraction of sp³-hybridized carbons (Fsp3) is 0.462. The summed E-state index contributed by atoms with van der Waals surface area (Å²) >= 11 is 3.98. The smallest absolute Gasteiger partial charge is 0.253 e. The van der Waals surface area contributed by atoms with E-state index in [9.17, 15) is 9.18 Å². The average molecular weight is 269 g/mol. The molecular weight excluding hydrogens is 253 g/mol. The number of benzene rings is 1. The maximum Gasteiger partial charge on any atom is 0.253 e. The van der Waals surface area contributed by atoms with E-state index in [0.717, 1.165) is 12.8 Å². The molecule has 1 aliphatic rings. The van der Waals surface area contributed by atoms with Crippen LogP contribution in [-0.2, 0) is 0 Å². The van der Waals surface area contributed by atoms with Gasteiger partial charge in [-0.3, -0.25) is 4.79 Å². The minimum absolute atomic E-state index is 0.0919. The summed E-state index contributed by atoms with van der Waals surface area (Å²) in [6.07, 6.45) is 1.65. The molecule has 1 atom stereocenters. The van der Waals surface area contributed by atoms with Crippen LogP contribution in [0.25, 0.3) is 0 Å². The number of likely N-dealkylation sites (tertiary alicyclic amines) is 1. The third kappa shape index (κ3) is 2.84. The molecule has 2 rings (SSSR count). The Balaban J connectivity index is 2.05. The van der Waals surface area contributed by atoms with Gasteiger partial charge in [-0.05, 0) is 37.0 Å².